The van der Waals surface area contributed by atoms with Crippen LogP contribution in [-0.4, -0.2) is 24.5 Å². The highest BCUT2D eigenvalue weighted by Crippen LogP contribution is 2.25. The van der Waals surface area contributed by atoms with Crippen LogP contribution in [0.15, 0.2) is 23.2 Å². The number of carbonyl (C=O) groups excluding carboxylic acids is 1. The Labute approximate surface area is 176 Å². The first-order valence-corrected chi connectivity index (χ1v) is 9.02. The van der Waals surface area contributed by atoms with E-state index in [4.69, 9.17) is 28.9 Å². The zero-order valence-electron chi connectivity index (χ0n) is 14.2. The Bertz CT molecular complexity index is 606. The number of nitrogens with two attached hydrogens (primary N) is 1. The maximum atomic E-state index is 11.9. The van der Waals surface area contributed by atoms with Crippen LogP contribution in [0.1, 0.15) is 50.6 Å². The van der Waals surface area contributed by atoms with Crippen molar-refractivity contribution in [1.29, 1.82) is 0 Å². The minimum Gasteiger partial charge on any atom is -0.370 e. The van der Waals surface area contributed by atoms with E-state index >= 15 is 0 Å². The zero-order valence-corrected chi connectivity index (χ0v) is 18.1. The molecule has 2 rings (SSSR count). The maximum Gasteiger partial charge on any atom is 0.242 e. The molecule has 0 radical (unpaired) electrons. The number of hydrogen-bond donors (Lipinski definition) is 3. The highest BCUT2D eigenvalue weighted by atomic mass is 127. The first-order chi connectivity index (χ1) is 11.5. The molecule has 1 aromatic carbocycles. The first-order valence-electron chi connectivity index (χ1n) is 8.26. The SMILES string of the molecule is CC(NC(N)=NCC(=O)NC1CCCCC1)c1ccc(Cl)cc1Cl.I. The van der Waals surface area contributed by atoms with Gasteiger partial charge in [-0.25, -0.2) is 4.99 Å². The zero-order chi connectivity index (χ0) is 17.5. The van der Waals surface area contributed by atoms with E-state index in [0.29, 0.717) is 10.0 Å². The molecule has 1 atom stereocenters. The number of hydrogen-bond acceptors (Lipinski definition) is 2. The van der Waals surface area contributed by atoms with Gasteiger partial charge in [0.1, 0.15) is 6.54 Å². The standard InChI is InChI=1S/C17H24Cl2N4O.HI/c1-11(14-8-7-12(18)9-15(14)19)22-17(20)21-10-16(24)23-13-5-3-2-4-6-13;/h7-9,11,13H,2-6,10H2,1H3,(H,23,24)(H3,20,21,22);1H. The second-order valence-corrected chi connectivity index (χ2v) is 6.98. The molecule has 8 heteroatoms. The lowest BCUT2D eigenvalue weighted by molar-refractivity contribution is -0.120. The molecular formula is C17H25Cl2IN4O. The summed E-state index contributed by atoms with van der Waals surface area (Å²) < 4.78 is 0. The van der Waals surface area contributed by atoms with E-state index in [1.54, 1.807) is 12.1 Å². The van der Waals surface area contributed by atoms with Crippen LogP contribution in [-0.2, 0) is 4.79 Å². The number of guanidine groups is 1. The van der Waals surface area contributed by atoms with E-state index in [0.717, 1.165) is 18.4 Å². The molecule has 1 amide bonds. The van der Waals surface area contributed by atoms with Crippen molar-refractivity contribution in [3.8, 4) is 0 Å². The molecule has 1 unspecified atom stereocenters. The summed E-state index contributed by atoms with van der Waals surface area (Å²) in [5, 5.41) is 7.19. The first kappa shape index (κ1) is 22.3. The summed E-state index contributed by atoms with van der Waals surface area (Å²) in [5.41, 5.74) is 6.73. The largest absolute Gasteiger partial charge is 0.370 e. The topological polar surface area (TPSA) is 79.5 Å². The molecule has 25 heavy (non-hydrogen) atoms. The van der Waals surface area contributed by atoms with Gasteiger partial charge in [-0.3, -0.25) is 4.79 Å². The number of benzene rings is 1. The summed E-state index contributed by atoms with van der Waals surface area (Å²) in [5.74, 6) is 0.121. The number of rotatable bonds is 5. The van der Waals surface area contributed by atoms with Gasteiger partial charge in [-0.2, -0.15) is 0 Å². The Morgan fingerprint density at radius 3 is 2.64 bits per heavy atom. The van der Waals surface area contributed by atoms with Gasteiger partial charge in [0.15, 0.2) is 5.96 Å². The molecule has 1 aromatic rings. The lowest BCUT2D eigenvalue weighted by atomic mass is 9.95. The fourth-order valence-corrected chi connectivity index (χ4v) is 3.45. The van der Waals surface area contributed by atoms with Crippen LogP contribution in [0.4, 0.5) is 0 Å². The van der Waals surface area contributed by atoms with Gasteiger partial charge < -0.3 is 16.4 Å². The molecule has 140 valence electrons. The molecule has 0 bridgehead atoms. The second-order valence-electron chi connectivity index (χ2n) is 6.14. The molecule has 5 nitrogen and oxygen atoms in total. The second kappa shape index (κ2) is 11.1. The number of halogens is 3. The summed E-state index contributed by atoms with van der Waals surface area (Å²) in [7, 11) is 0. The number of amides is 1. The number of nitrogens with zero attached hydrogens (tertiary/aromatic N) is 1. The van der Waals surface area contributed by atoms with Gasteiger partial charge in [0.05, 0.1) is 6.04 Å². The van der Waals surface area contributed by atoms with E-state index in [1.165, 1.54) is 19.3 Å². The molecular weight excluding hydrogens is 474 g/mol. The predicted molar refractivity (Wildman–Crippen MR) is 115 cm³/mol. The third kappa shape index (κ3) is 7.58. The average molecular weight is 499 g/mol. The maximum absolute atomic E-state index is 11.9. The average Bonchev–Trinajstić information content (AvgIpc) is 2.53. The molecule has 4 N–H and O–H groups in total. The fourth-order valence-electron chi connectivity index (χ4n) is 2.88. The highest BCUT2D eigenvalue weighted by molar-refractivity contribution is 14.0. The van der Waals surface area contributed by atoms with Crippen LogP contribution < -0.4 is 16.4 Å². The van der Waals surface area contributed by atoms with Crippen LogP contribution in [0.2, 0.25) is 10.0 Å². The van der Waals surface area contributed by atoms with E-state index in [9.17, 15) is 4.79 Å². The molecule has 0 aliphatic heterocycles. The smallest absolute Gasteiger partial charge is 0.242 e. The van der Waals surface area contributed by atoms with Crippen molar-refractivity contribution in [2.45, 2.75) is 51.1 Å². The molecule has 0 saturated heterocycles. The minimum atomic E-state index is -0.139. The highest BCUT2D eigenvalue weighted by Gasteiger charge is 2.15. The quantitative estimate of drug-likeness (QED) is 0.326. The Morgan fingerprint density at radius 2 is 2.00 bits per heavy atom. The summed E-state index contributed by atoms with van der Waals surface area (Å²) in [6.45, 7) is 1.94. The third-order valence-corrected chi connectivity index (χ3v) is 4.72. The van der Waals surface area contributed by atoms with Crippen molar-refractivity contribution in [3.63, 3.8) is 0 Å². The number of nitrogens with one attached hydrogen (secondary N) is 2. The van der Waals surface area contributed by atoms with Crippen molar-refractivity contribution < 1.29 is 4.79 Å². The molecule has 1 aliphatic carbocycles. The van der Waals surface area contributed by atoms with Crippen LogP contribution in [0.25, 0.3) is 0 Å². The van der Waals surface area contributed by atoms with Gasteiger partial charge in [-0.15, -0.1) is 24.0 Å². The molecule has 1 fully saturated rings. The molecule has 0 spiro atoms. The molecule has 0 heterocycles. The van der Waals surface area contributed by atoms with Gasteiger partial charge >= 0.3 is 0 Å². The van der Waals surface area contributed by atoms with Gasteiger partial charge in [0, 0.05) is 16.1 Å². The Kier molecular flexibility index (Phi) is 9.89. The predicted octanol–water partition coefficient (Wildman–Crippen LogP) is 4.03. The van der Waals surface area contributed by atoms with Crippen molar-refractivity contribution >= 4 is 59.0 Å². The molecule has 0 aromatic heterocycles. The van der Waals surface area contributed by atoms with E-state index in [2.05, 4.69) is 15.6 Å². The Hall–Kier alpha value is -0.730. The summed E-state index contributed by atoms with van der Waals surface area (Å²) in [4.78, 5) is 16.0. The van der Waals surface area contributed by atoms with Gasteiger partial charge in [0.2, 0.25) is 5.91 Å². The number of carbonyl (C=O) groups is 1. The van der Waals surface area contributed by atoms with Crippen LogP contribution in [0.5, 0.6) is 0 Å². The van der Waals surface area contributed by atoms with Crippen molar-refractivity contribution in [2.75, 3.05) is 6.54 Å². The number of aliphatic imine (C=N–C) groups is 1. The monoisotopic (exact) mass is 498 g/mol. The lowest BCUT2D eigenvalue weighted by Crippen LogP contribution is -2.39. The lowest BCUT2D eigenvalue weighted by Gasteiger charge is -2.22. The Balaban J connectivity index is 0.00000312. The van der Waals surface area contributed by atoms with Crippen molar-refractivity contribution in [3.05, 3.63) is 33.8 Å². The van der Waals surface area contributed by atoms with Crippen molar-refractivity contribution in [1.82, 2.24) is 10.6 Å². The van der Waals surface area contributed by atoms with Crippen LogP contribution in [0, 0.1) is 0 Å². The van der Waals surface area contributed by atoms with Crippen LogP contribution >= 0.6 is 47.2 Å². The molecule has 1 aliphatic rings. The van der Waals surface area contributed by atoms with Crippen molar-refractivity contribution in [2.24, 2.45) is 10.7 Å². The minimum absolute atomic E-state index is 0. The Morgan fingerprint density at radius 1 is 1.32 bits per heavy atom. The third-order valence-electron chi connectivity index (χ3n) is 4.16. The summed E-state index contributed by atoms with van der Waals surface area (Å²) in [6, 6.07) is 5.43. The van der Waals surface area contributed by atoms with Gasteiger partial charge in [-0.1, -0.05) is 48.5 Å². The fraction of sp³-hybridized carbons (Fsp3) is 0.529. The van der Waals surface area contributed by atoms with Crippen LogP contribution in [0.3, 0.4) is 0 Å². The van der Waals surface area contributed by atoms with E-state index in [1.807, 2.05) is 13.0 Å². The van der Waals surface area contributed by atoms with Gasteiger partial charge in [0.25, 0.3) is 0 Å². The van der Waals surface area contributed by atoms with E-state index in [-0.39, 0.29) is 54.5 Å². The van der Waals surface area contributed by atoms with Gasteiger partial charge in [-0.05, 0) is 37.5 Å². The summed E-state index contributed by atoms with van der Waals surface area (Å²) >= 11 is 12.1. The van der Waals surface area contributed by atoms with E-state index < -0.39 is 0 Å². The summed E-state index contributed by atoms with van der Waals surface area (Å²) in [6.07, 6.45) is 5.71. The normalized spacial score (nSPS) is 16.7. The molecule has 1 saturated carbocycles.